The Morgan fingerprint density at radius 1 is 0.917 bits per heavy atom. The van der Waals surface area contributed by atoms with E-state index in [0.717, 1.165) is 16.9 Å². The Kier molecular flexibility index (Phi) is 4.72. The zero-order valence-corrected chi connectivity index (χ0v) is 13.7. The van der Waals surface area contributed by atoms with Gasteiger partial charge >= 0.3 is 0 Å². The summed E-state index contributed by atoms with van der Waals surface area (Å²) >= 11 is 5.84. The predicted octanol–water partition coefficient (Wildman–Crippen LogP) is 4.43. The molecule has 0 atom stereocenters. The van der Waals surface area contributed by atoms with Crippen molar-refractivity contribution in [3.8, 4) is 0 Å². The number of hydrogen-bond donors (Lipinski definition) is 2. The number of aromatic nitrogens is 2. The van der Waals surface area contributed by atoms with Crippen molar-refractivity contribution in [3.63, 3.8) is 0 Å². The second kappa shape index (κ2) is 7.10. The number of aryl methyl sites for hydroxylation is 1. The summed E-state index contributed by atoms with van der Waals surface area (Å²) in [7, 11) is 0. The Morgan fingerprint density at radius 3 is 2.12 bits per heavy atom. The number of nitrogens with one attached hydrogen (secondary N) is 2. The fraction of sp³-hybridized carbons (Fsp3) is 0.0556. The Bertz CT molecular complexity index is 830. The van der Waals surface area contributed by atoms with Crippen LogP contribution in [0.4, 0.5) is 17.3 Å². The Hall–Kier alpha value is -2.92. The highest BCUT2D eigenvalue weighted by atomic mass is 35.5. The van der Waals surface area contributed by atoms with Gasteiger partial charge in [0.15, 0.2) is 0 Å². The molecule has 0 fully saturated rings. The van der Waals surface area contributed by atoms with Crippen molar-refractivity contribution in [2.24, 2.45) is 0 Å². The Morgan fingerprint density at radius 2 is 1.50 bits per heavy atom. The van der Waals surface area contributed by atoms with Crippen LogP contribution >= 0.6 is 11.6 Å². The second-order valence-electron chi connectivity index (χ2n) is 5.25. The maximum absolute atomic E-state index is 12.2. The molecule has 1 amide bonds. The molecule has 0 aliphatic heterocycles. The molecule has 0 aliphatic rings. The van der Waals surface area contributed by atoms with Crippen LogP contribution in [0.15, 0.2) is 60.9 Å². The summed E-state index contributed by atoms with van der Waals surface area (Å²) in [6.07, 6.45) is 2.96. The van der Waals surface area contributed by atoms with Gasteiger partial charge in [0, 0.05) is 28.8 Å². The molecule has 3 rings (SSSR count). The lowest BCUT2D eigenvalue weighted by Crippen LogP contribution is -2.13. The monoisotopic (exact) mass is 338 g/mol. The van der Waals surface area contributed by atoms with Gasteiger partial charge in [-0.3, -0.25) is 4.79 Å². The van der Waals surface area contributed by atoms with Crippen molar-refractivity contribution in [1.82, 2.24) is 9.97 Å². The van der Waals surface area contributed by atoms with Crippen LogP contribution in [0.3, 0.4) is 0 Å². The smallest absolute Gasteiger partial charge is 0.258 e. The molecule has 0 spiro atoms. The predicted molar refractivity (Wildman–Crippen MR) is 95.9 cm³/mol. The van der Waals surface area contributed by atoms with E-state index in [4.69, 9.17) is 11.6 Å². The molecule has 0 saturated heterocycles. The second-order valence-corrected chi connectivity index (χ2v) is 5.68. The van der Waals surface area contributed by atoms with E-state index in [2.05, 4.69) is 20.6 Å². The quantitative estimate of drug-likeness (QED) is 0.738. The average molecular weight is 339 g/mol. The van der Waals surface area contributed by atoms with Gasteiger partial charge in [-0.2, -0.15) is 0 Å². The first-order chi connectivity index (χ1) is 11.6. The van der Waals surface area contributed by atoms with Crippen LogP contribution in [0.25, 0.3) is 0 Å². The standard InChI is InChI=1S/C18H15ClN4O/c1-12-2-6-15(7-3-12)22-17(24)13-10-20-18(21-11-13)23-16-8-4-14(19)5-9-16/h2-11H,1H3,(H,22,24)(H,20,21,23). The van der Waals surface area contributed by atoms with Crippen LogP contribution in [0, 0.1) is 6.92 Å². The largest absolute Gasteiger partial charge is 0.324 e. The number of anilines is 3. The minimum atomic E-state index is -0.253. The highest BCUT2D eigenvalue weighted by Crippen LogP contribution is 2.16. The van der Waals surface area contributed by atoms with E-state index in [1.165, 1.54) is 12.4 Å². The summed E-state index contributed by atoms with van der Waals surface area (Å²) in [5.74, 6) is 0.154. The molecule has 0 unspecified atom stereocenters. The van der Waals surface area contributed by atoms with Gasteiger partial charge in [0.25, 0.3) is 5.91 Å². The molecule has 3 aromatic rings. The molecule has 0 aliphatic carbocycles. The van der Waals surface area contributed by atoms with Gasteiger partial charge in [-0.25, -0.2) is 9.97 Å². The number of rotatable bonds is 4. The molecule has 0 bridgehead atoms. The third-order valence-corrected chi connectivity index (χ3v) is 3.58. The SMILES string of the molecule is Cc1ccc(NC(=O)c2cnc(Nc3ccc(Cl)cc3)nc2)cc1. The van der Waals surface area contributed by atoms with Crippen molar-refractivity contribution < 1.29 is 4.79 Å². The fourth-order valence-corrected chi connectivity index (χ4v) is 2.14. The van der Waals surface area contributed by atoms with Gasteiger partial charge in [0.05, 0.1) is 5.56 Å². The molecule has 6 heteroatoms. The molecule has 24 heavy (non-hydrogen) atoms. The normalized spacial score (nSPS) is 10.2. The molecule has 5 nitrogen and oxygen atoms in total. The fourth-order valence-electron chi connectivity index (χ4n) is 2.01. The number of halogens is 1. The van der Waals surface area contributed by atoms with Crippen molar-refractivity contribution >= 4 is 34.8 Å². The molecule has 0 saturated carbocycles. The zero-order valence-electron chi connectivity index (χ0n) is 13.0. The minimum Gasteiger partial charge on any atom is -0.324 e. The first kappa shape index (κ1) is 16.0. The molecule has 0 radical (unpaired) electrons. The number of carbonyl (C=O) groups excluding carboxylic acids is 1. The third kappa shape index (κ3) is 4.08. The first-order valence-corrected chi connectivity index (χ1v) is 7.70. The minimum absolute atomic E-state index is 0.253. The summed E-state index contributed by atoms with van der Waals surface area (Å²) in [5, 5.41) is 6.50. The zero-order chi connectivity index (χ0) is 16.9. The van der Waals surface area contributed by atoms with Crippen LogP contribution in [-0.2, 0) is 0 Å². The van der Waals surface area contributed by atoms with E-state index in [-0.39, 0.29) is 5.91 Å². The highest BCUT2D eigenvalue weighted by molar-refractivity contribution is 6.30. The highest BCUT2D eigenvalue weighted by Gasteiger charge is 2.08. The molecule has 1 heterocycles. The van der Waals surface area contributed by atoms with Gasteiger partial charge in [0.1, 0.15) is 0 Å². The number of hydrogen-bond acceptors (Lipinski definition) is 4. The van der Waals surface area contributed by atoms with Gasteiger partial charge < -0.3 is 10.6 Å². The lowest BCUT2D eigenvalue weighted by molar-refractivity contribution is 0.102. The van der Waals surface area contributed by atoms with Crippen LogP contribution in [0.5, 0.6) is 0 Å². The molecule has 120 valence electrons. The summed E-state index contributed by atoms with van der Waals surface area (Å²) < 4.78 is 0. The summed E-state index contributed by atoms with van der Waals surface area (Å²) in [6, 6.07) is 14.8. The molecular weight excluding hydrogens is 324 g/mol. The Balaban J connectivity index is 1.66. The summed E-state index contributed by atoms with van der Waals surface area (Å²) in [5.41, 5.74) is 3.07. The van der Waals surface area contributed by atoms with E-state index in [1.54, 1.807) is 12.1 Å². The lowest BCUT2D eigenvalue weighted by Gasteiger charge is -2.07. The van der Waals surface area contributed by atoms with E-state index >= 15 is 0 Å². The molecule has 2 N–H and O–H groups in total. The van der Waals surface area contributed by atoms with Crippen molar-refractivity contribution in [3.05, 3.63) is 77.1 Å². The number of benzene rings is 2. The van der Waals surface area contributed by atoms with Gasteiger partial charge in [0.2, 0.25) is 5.95 Å². The summed E-state index contributed by atoms with van der Waals surface area (Å²) in [4.78, 5) is 20.5. The first-order valence-electron chi connectivity index (χ1n) is 7.33. The van der Waals surface area contributed by atoms with Crippen LogP contribution in [0.2, 0.25) is 5.02 Å². The maximum Gasteiger partial charge on any atom is 0.258 e. The van der Waals surface area contributed by atoms with Crippen molar-refractivity contribution in [2.45, 2.75) is 6.92 Å². The van der Waals surface area contributed by atoms with Crippen molar-refractivity contribution in [1.29, 1.82) is 0 Å². The topological polar surface area (TPSA) is 66.9 Å². The van der Waals surface area contributed by atoms with Gasteiger partial charge in [-0.05, 0) is 43.3 Å². The molecule has 1 aromatic heterocycles. The summed E-state index contributed by atoms with van der Waals surface area (Å²) in [6.45, 7) is 1.99. The van der Waals surface area contributed by atoms with E-state index in [0.29, 0.717) is 16.5 Å². The number of amides is 1. The van der Waals surface area contributed by atoms with E-state index < -0.39 is 0 Å². The van der Waals surface area contributed by atoms with Crippen LogP contribution < -0.4 is 10.6 Å². The van der Waals surface area contributed by atoms with E-state index in [9.17, 15) is 4.79 Å². The molecule has 2 aromatic carbocycles. The average Bonchev–Trinajstić information content (AvgIpc) is 2.59. The maximum atomic E-state index is 12.2. The third-order valence-electron chi connectivity index (χ3n) is 3.32. The van der Waals surface area contributed by atoms with Gasteiger partial charge in [-0.1, -0.05) is 29.3 Å². The number of carbonyl (C=O) groups is 1. The Labute approximate surface area is 144 Å². The van der Waals surface area contributed by atoms with Crippen molar-refractivity contribution in [2.75, 3.05) is 10.6 Å². The van der Waals surface area contributed by atoms with Crippen LogP contribution in [0.1, 0.15) is 15.9 Å². The van der Waals surface area contributed by atoms with E-state index in [1.807, 2.05) is 43.3 Å². The molecular formula is C18H15ClN4O. The number of nitrogens with zero attached hydrogens (tertiary/aromatic N) is 2. The lowest BCUT2D eigenvalue weighted by atomic mass is 10.2. The van der Waals surface area contributed by atoms with Gasteiger partial charge in [-0.15, -0.1) is 0 Å². The van der Waals surface area contributed by atoms with Crippen LogP contribution in [-0.4, -0.2) is 15.9 Å².